The lowest BCUT2D eigenvalue weighted by molar-refractivity contribution is 0.0961. The highest BCUT2D eigenvalue weighted by Crippen LogP contribution is 2.44. The van der Waals surface area contributed by atoms with E-state index in [0.29, 0.717) is 16.9 Å². The van der Waals surface area contributed by atoms with Crippen LogP contribution in [0.4, 0.5) is 11.4 Å². The minimum absolute atomic E-state index is 0.0780. The second kappa shape index (κ2) is 10.9. The smallest absolute Gasteiger partial charge is 0.174 e. The molecule has 2 aromatic heterocycles. The number of anilines is 2. The molecule has 3 aliphatic heterocycles. The first kappa shape index (κ1) is 25.7. The van der Waals surface area contributed by atoms with E-state index >= 15 is 0 Å². The quantitative estimate of drug-likeness (QED) is 0.360. The topological polar surface area (TPSA) is 45.6 Å². The van der Waals surface area contributed by atoms with Gasteiger partial charge < -0.3 is 24.4 Å². The van der Waals surface area contributed by atoms with Gasteiger partial charge in [0, 0.05) is 50.0 Å². The molecule has 5 atom stereocenters. The lowest BCUT2D eigenvalue weighted by atomic mass is 9.91. The van der Waals surface area contributed by atoms with Gasteiger partial charge in [0.05, 0.1) is 28.5 Å². The fourth-order valence-electron chi connectivity index (χ4n) is 6.56. The molecule has 1 aromatic carbocycles. The summed E-state index contributed by atoms with van der Waals surface area (Å²) >= 11 is 13.0. The van der Waals surface area contributed by atoms with Gasteiger partial charge in [0.2, 0.25) is 0 Å². The summed E-state index contributed by atoms with van der Waals surface area (Å²) in [6, 6.07) is 16.6. The lowest BCUT2D eigenvalue weighted by Gasteiger charge is -2.37. The van der Waals surface area contributed by atoms with Crippen LogP contribution in [0.5, 0.6) is 0 Å². The summed E-state index contributed by atoms with van der Waals surface area (Å²) in [5, 5.41) is 5.03. The number of aromatic nitrogens is 2. The highest BCUT2D eigenvalue weighted by Gasteiger charge is 2.42. The Morgan fingerprint density at radius 3 is 2.66 bits per heavy atom. The number of hydrogen-bond donors (Lipinski definition) is 1. The molecule has 0 radical (unpaired) electrons. The number of pyridine rings is 1. The van der Waals surface area contributed by atoms with Gasteiger partial charge in [-0.2, -0.15) is 0 Å². The zero-order valence-electron chi connectivity index (χ0n) is 22.1. The van der Waals surface area contributed by atoms with Crippen molar-refractivity contribution in [3.8, 4) is 0 Å². The first-order valence-electron chi connectivity index (χ1n) is 13.8. The zero-order chi connectivity index (χ0) is 26.2. The molecule has 3 saturated heterocycles. The van der Waals surface area contributed by atoms with Gasteiger partial charge in [0.15, 0.2) is 5.11 Å². The van der Waals surface area contributed by atoms with Crippen LogP contribution in [0.2, 0.25) is 5.02 Å². The van der Waals surface area contributed by atoms with Crippen LogP contribution in [0.15, 0.2) is 60.9 Å². The summed E-state index contributed by atoms with van der Waals surface area (Å²) in [5.41, 5.74) is 4.24. The van der Waals surface area contributed by atoms with E-state index in [2.05, 4.69) is 76.1 Å². The molecule has 3 aromatic rings. The maximum atomic E-state index is 6.99. The van der Waals surface area contributed by atoms with Crippen LogP contribution in [-0.2, 0) is 11.3 Å². The number of piperidine rings is 1. The normalized spacial score (nSPS) is 27.7. The molecule has 200 valence electrons. The van der Waals surface area contributed by atoms with Gasteiger partial charge in [-0.25, -0.2) is 0 Å². The molecule has 0 bridgehead atoms. The monoisotopic (exact) mass is 549 g/mol. The molecule has 1 N–H and O–H groups in total. The molecule has 3 fully saturated rings. The predicted molar refractivity (Wildman–Crippen MR) is 158 cm³/mol. The summed E-state index contributed by atoms with van der Waals surface area (Å²) < 4.78 is 8.30. The van der Waals surface area contributed by atoms with Crippen LogP contribution in [0.3, 0.4) is 0 Å². The van der Waals surface area contributed by atoms with Gasteiger partial charge in [-0.05, 0) is 85.8 Å². The van der Waals surface area contributed by atoms with Crippen molar-refractivity contribution in [3.05, 3.63) is 77.3 Å². The number of benzene rings is 1. The van der Waals surface area contributed by atoms with E-state index in [4.69, 9.17) is 33.5 Å². The van der Waals surface area contributed by atoms with Crippen LogP contribution >= 0.6 is 23.8 Å². The first-order chi connectivity index (χ1) is 18.5. The molecule has 8 heteroatoms. The maximum absolute atomic E-state index is 6.99. The molecule has 3 aliphatic rings. The predicted octanol–water partition coefficient (Wildman–Crippen LogP) is 6.37. The summed E-state index contributed by atoms with van der Waals surface area (Å²) in [7, 11) is 0. The molecule has 0 saturated carbocycles. The van der Waals surface area contributed by atoms with Gasteiger partial charge in [0.25, 0.3) is 0 Å². The SMILES string of the molecule is C[C@@H]1C[C@H](C)CN(c2ccc(N3C(=S)N[C@H](c4ccccn4)[C@@H]3c3cccn3C[C@@H]3CCCO3)cc2Cl)C1. The van der Waals surface area contributed by atoms with Crippen LogP contribution in [0, 0.1) is 11.8 Å². The van der Waals surface area contributed by atoms with Gasteiger partial charge in [0.1, 0.15) is 6.04 Å². The van der Waals surface area contributed by atoms with Crippen molar-refractivity contribution in [2.45, 2.75) is 57.8 Å². The van der Waals surface area contributed by atoms with Crippen molar-refractivity contribution >= 4 is 40.3 Å². The number of nitrogens with zero attached hydrogens (tertiary/aromatic N) is 4. The molecule has 5 heterocycles. The van der Waals surface area contributed by atoms with Crippen molar-refractivity contribution < 1.29 is 4.74 Å². The summed E-state index contributed by atoms with van der Waals surface area (Å²) in [6.45, 7) is 8.40. The number of rotatable bonds is 6. The Morgan fingerprint density at radius 2 is 1.95 bits per heavy atom. The average Bonchev–Trinajstić information content (AvgIpc) is 3.65. The zero-order valence-corrected chi connectivity index (χ0v) is 23.7. The Balaban J connectivity index is 1.37. The highest BCUT2D eigenvalue weighted by atomic mass is 35.5. The van der Waals surface area contributed by atoms with Crippen LogP contribution in [-0.4, -0.2) is 40.5 Å². The molecular formula is C30H36ClN5OS. The molecule has 6 nitrogen and oxygen atoms in total. The van der Waals surface area contributed by atoms with Gasteiger partial charge in [-0.3, -0.25) is 4.98 Å². The Hall–Kier alpha value is -2.61. The van der Waals surface area contributed by atoms with Crippen molar-refractivity contribution in [3.63, 3.8) is 0 Å². The second-order valence-electron chi connectivity index (χ2n) is 11.2. The average molecular weight is 550 g/mol. The number of ether oxygens (including phenoxy) is 1. The van der Waals surface area contributed by atoms with E-state index in [9.17, 15) is 0 Å². The Morgan fingerprint density at radius 1 is 1.11 bits per heavy atom. The van der Waals surface area contributed by atoms with Crippen LogP contribution in [0.25, 0.3) is 0 Å². The minimum Gasteiger partial charge on any atom is -0.376 e. The van der Waals surface area contributed by atoms with Crippen LogP contribution in [0.1, 0.15) is 56.6 Å². The van der Waals surface area contributed by atoms with E-state index in [1.54, 1.807) is 0 Å². The van der Waals surface area contributed by atoms with E-state index < -0.39 is 0 Å². The van der Waals surface area contributed by atoms with E-state index in [0.717, 1.165) is 61.2 Å². The molecule has 0 aliphatic carbocycles. The molecule has 0 amide bonds. The summed E-state index contributed by atoms with van der Waals surface area (Å²) in [4.78, 5) is 9.36. The third-order valence-corrected chi connectivity index (χ3v) is 8.73. The third-order valence-electron chi connectivity index (χ3n) is 8.11. The Bertz CT molecular complexity index is 1270. The van der Waals surface area contributed by atoms with Crippen LogP contribution < -0.4 is 15.1 Å². The fraction of sp³-hybridized carbons (Fsp3) is 0.467. The summed E-state index contributed by atoms with van der Waals surface area (Å²) in [6.07, 6.45) is 7.72. The van der Waals surface area contributed by atoms with Crippen molar-refractivity contribution in [1.29, 1.82) is 0 Å². The number of thiocarbonyl (C=S) groups is 1. The standard InChI is InChI=1S/C30H36ClN5OS/c1-20-15-21(2)18-35(17-20)26-11-10-22(16-24(26)31)36-29(28(33-30(36)38)25-8-3-4-12-32-25)27-9-5-13-34(27)19-23-7-6-14-37-23/h3-5,8-13,16,20-21,23,28-29H,6-7,14-15,17-19H2,1-2H3,(H,33,38)/t20-,21+,23-,28+,29-/m0/s1. The van der Waals surface area contributed by atoms with E-state index in [-0.39, 0.29) is 18.2 Å². The molecule has 0 unspecified atom stereocenters. The third kappa shape index (κ3) is 5.04. The second-order valence-corrected chi connectivity index (χ2v) is 12.0. The fourth-order valence-corrected chi connectivity index (χ4v) is 7.21. The molecule has 6 rings (SSSR count). The summed E-state index contributed by atoms with van der Waals surface area (Å²) in [5.74, 6) is 1.31. The number of hydrogen-bond acceptors (Lipinski definition) is 4. The number of halogens is 1. The molecule has 38 heavy (non-hydrogen) atoms. The minimum atomic E-state index is -0.0934. The largest absolute Gasteiger partial charge is 0.376 e. The van der Waals surface area contributed by atoms with Crippen molar-refractivity contribution in [2.24, 2.45) is 11.8 Å². The first-order valence-corrected chi connectivity index (χ1v) is 14.6. The van der Waals surface area contributed by atoms with E-state index in [1.165, 1.54) is 12.1 Å². The van der Waals surface area contributed by atoms with Gasteiger partial charge in [-0.15, -0.1) is 0 Å². The Kier molecular flexibility index (Phi) is 7.34. The van der Waals surface area contributed by atoms with Crippen molar-refractivity contribution in [1.82, 2.24) is 14.9 Å². The maximum Gasteiger partial charge on any atom is 0.174 e. The highest BCUT2D eigenvalue weighted by molar-refractivity contribution is 7.80. The van der Waals surface area contributed by atoms with Gasteiger partial charge in [-0.1, -0.05) is 31.5 Å². The lowest BCUT2D eigenvalue weighted by Crippen LogP contribution is -2.39. The Labute approximate surface area is 235 Å². The van der Waals surface area contributed by atoms with E-state index in [1.807, 2.05) is 18.3 Å². The van der Waals surface area contributed by atoms with Gasteiger partial charge >= 0.3 is 0 Å². The number of nitrogens with one attached hydrogen (secondary N) is 1. The molecular weight excluding hydrogens is 514 g/mol. The molecule has 0 spiro atoms. The van der Waals surface area contributed by atoms with Crippen molar-refractivity contribution in [2.75, 3.05) is 29.5 Å².